The van der Waals surface area contributed by atoms with Crippen molar-refractivity contribution in [2.75, 3.05) is 20.8 Å². The molecule has 6 nitrogen and oxygen atoms in total. The van der Waals surface area contributed by atoms with Crippen molar-refractivity contribution in [1.82, 2.24) is 4.90 Å². The second-order valence-corrected chi connectivity index (χ2v) is 7.77. The van der Waals surface area contributed by atoms with E-state index in [-0.39, 0.29) is 29.8 Å². The Bertz CT molecular complexity index is 876. The average Bonchev–Trinajstić information content (AvgIpc) is 3.24. The lowest BCUT2D eigenvalue weighted by Gasteiger charge is -2.46. The molecule has 6 heteroatoms. The lowest BCUT2D eigenvalue weighted by Crippen LogP contribution is -2.52. The predicted octanol–water partition coefficient (Wildman–Crippen LogP) is 2.12. The lowest BCUT2D eigenvalue weighted by molar-refractivity contribution is -0.121. The van der Waals surface area contributed by atoms with Gasteiger partial charge >= 0.3 is 0 Å². The van der Waals surface area contributed by atoms with Gasteiger partial charge in [-0.25, -0.2) is 0 Å². The van der Waals surface area contributed by atoms with Crippen molar-refractivity contribution in [3.05, 3.63) is 35.1 Å². The van der Waals surface area contributed by atoms with Crippen LogP contribution in [0, 0.1) is 0 Å². The summed E-state index contributed by atoms with van der Waals surface area (Å²) in [5, 5.41) is 11.0. The number of fused-ring (bicyclic) bond motifs is 2. The molecular formula is C21H25NO5. The molecule has 2 aliphatic carbocycles. The smallest absolute Gasteiger partial charge is 0.198 e. The van der Waals surface area contributed by atoms with Gasteiger partial charge in [0.2, 0.25) is 0 Å². The number of benzene rings is 1. The van der Waals surface area contributed by atoms with Crippen LogP contribution in [-0.4, -0.2) is 53.9 Å². The Balaban J connectivity index is 1.99. The Labute approximate surface area is 158 Å². The van der Waals surface area contributed by atoms with E-state index in [0.29, 0.717) is 30.9 Å². The number of methoxy groups -OCH3 is 2. The maximum atomic E-state index is 12.8. The molecule has 3 aliphatic rings. The standard InChI is InChI=1S/C21H25NO5/c1-5-20-9-14(24)16(27-4)10-21(20)17(22(21)11-12(2)23)8-13-6-7-15(26-3)19(25)18(13)20/h6-7,10,17,25H,5,8-9,11H2,1-4H3/t17-,20-,21?,22?/m0/s1. The summed E-state index contributed by atoms with van der Waals surface area (Å²) in [6, 6.07) is 3.85. The maximum absolute atomic E-state index is 12.8. The van der Waals surface area contributed by atoms with E-state index in [2.05, 4.69) is 4.90 Å². The maximum Gasteiger partial charge on any atom is 0.198 e. The second-order valence-electron chi connectivity index (χ2n) is 7.77. The molecule has 27 heavy (non-hydrogen) atoms. The topological polar surface area (TPSA) is 75.8 Å². The van der Waals surface area contributed by atoms with Gasteiger partial charge in [-0.05, 0) is 37.5 Å². The number of aromatic hydroxyl groups is 1. The fraction of sp³-hybridized carbons (Fsp3) is 0.524. The normalized spacial score (nSPS) is 33.3. The summed E-state index contributed by atoms with van der Waals surface area (Å²) in [6.45, 7) is 3.94. The number of hydrogen-bond donors (Lipinski definition) is 1. The van der Waals surface area contributed by atoms with Crippen LogP contribution in [0.5, 0.6) is 11.5 Å². The van der Waals surface area contributed by atoms with Crippen molar-refractivity contribution >= 4 is 11.6 Å². The minimum Gasteiger partial charge on any atom is -0.504 e. The molecule has 4 atom stereocenters. The van der Waals surface area contributed by atoms with Crippen LogP contribution in [0.15, 0.2) is 24.0 Å². The number of ether oxygens (including phenoxy) is 2. The van der Waals surface area contributed by atoms with Crippen LogP contribution in [0.3, 0.4) is 0 Å². The summed E-state index contributed by atoms with van der Waals surface area (Å²) in [7, 11) is 3.03. The third kappa shape index (κ3) is 2.10. The molecule has 1 aromatic rings. The molecule has 1 aromatic carbocycles. The molecule has 1 N–H and O–H groups in total. The van der Waals surface area contributed by atoms with Crippen LogP contribution < -0.4 is 4.74 Å². The molecule has 4 rings (SSSR count). The Morgan fingerprint density at radius 1 is 1.33 bits per heavy atom. The number of nitrogens with zero attached hydrogens (tertiary/aromatic N) is 1. The molecule has 144 valence electrons. The van der Waals surface area contributed by atoms with Gasteiger partial charge in [0.05, 0.1) is 26.3 Å². The van der Waals surface area contributed by atoms with Gasteiger partial charge in [-0.3, -0.25) is 14.5 Å². The molecule has 1 fully saturated rings. The van der Waals surface area contributed by atoms with E-state index in [4.69, 9.17) is 9.47 Å². The molecule has 0 radical (unpaired) electrons. The number of phenolic OH excluding ortho intramolecular Hbond substituents is 1. The number of carbonyl (C=O) groups is 2. The largest absolute Gasteiger partial charge is 0.504 e. The van der Waals surface area contributed by atoms with Crippen molar-refractivity contribution in [2.45, 2.75) is 50.1 Å². The van der Waals surface area contributed by atoms with Crippen LogP contribution in [0.25, 0.3) is 0 Å². The van der Waals surface area contributed by atoms with Gasteiger partial charge in [-0.15, -0.1) is 0 Å². The third-order valence-corrected chi connectivity index (χ3v) is 6.70. The third-order valence-electron chi connectivity index (χ3n) is 6.70. The summed E-state index contributed by atoms with van der Waals surface area (Å²) < 4.78 is 10.7. The first-order valence-corrected chi connectivity index (χ1v) is 9.31. The predicted molar refractivity (Wildman–Crippen MR) is 99.0 cm³/mol. The average molecular weight is 371 g/mol. The highest BCUT2D eigenvalue weighted by atomic mass is 16.5. The molecule has 0 aromatic heterocycles. The van der Waals surface area contributed by atoms with Crippen molar-refractivity contribution in [3.8, 4) is 11.5 Å². The van der Waals surface area contributed by atoms with Crippen LogP contribution in [0.1, 0.15) is 37.8 Å². The monoisotopic (exact) mass is 371 g/mol. The zero-order valence-electron chi connectivity index (χ0n) is 16.2. The van der Waals surface area contributed by atoms with Crippen LogP contribution in [-0.2, 0) is 26.2 Å². The number of carbonyl (C=O) groups excluding carboxylic acids is 2. The summed E-state index contributed by atoms with van der Waals surface area (Å²) in [4.78, 5) is 26.9. The molecule has 1 spiro atoms. The highest BCUT2D eigenvalue weighted by Gasteiger charge is 2.76. The zero-order valence-corrected chi connectivity index (χ0v) is 16.2. The number of ketones is 2. The number of allylic oxidation sites excluding steroid dienone is 1. The second kappa shape index (κ2) is 5.83. The summed E-state index contributed by atoms with van der Waals surface area (Å²) in [6.07, 6.45) is 3.51. The number of rotatable bonds is 5. The van der Waals surface area contributed by atoms with E-state index in [1.54, 1.807) is 13.0 Å². The number of phenols is 1. The molecule has 1 aliphatic heterocycles. The first-order chi connectivity index (χ1) is 12.9. The van der Waals surface area contributed by atoms with Crippen molar-refractivity contribution in [2.24, 2.45) is 0 Å². The number of Topliss-reactive ketones (excluding diaryl/α,β-unsaturated/α-hetero) is 2. The molecule has 1 saturated heterocycles. The quantitative estimate of drug-likeness (QED) is 0.799. The molecule has 0 amide bonds. The van der Waals surface area contributed by atoms with E-state index >= 15 is 0 Å². The molecule has 1 heterocycles. The minimum absolute atomic E-state index is 0.0755. The Kier molecular flexibility index (Phi) is 3.89. The fourth-order valence-corrected chi connectivity index (χ4v) is 5.60. The van der Waals surface area contributed by atoms with Crippen molar-refractivity contribution in [1.29, 1.82) is 0 Å². The highest BCUT2D eigenvalue weighted by Crippen LogP contribution is 2.67. The molecular weight excluding hydrogens is 346 g/mol. The van der Waals surface area contributed by atoms with Crippen LogP contribution in [0.4, 0.5) is 0 Å². The Hall–Kier alpha value is -2.34. The first-order valence-electron chi connectivity index (χ1n) is 9.31. The zero-order chi connectivity index (χ0) is 19.6. The molecule has 2 unspecified atom stereocenters. The minimum atomic E-state index is -0.613. The summed E-state index contributed by atoms with van der Waals surface area (Å²) in [5.74, 6) is 0.864. The summed E-state index contributed by atoms with van der Waals surface area (Å²) >= 11 is 0. The van der Waals surface area contributed by atoms with Gasteiger partial charge in [0.15, 0.2) is 23.0 Å². The van der Waals surface area contributed by atoms with E-state index in [1.165, 1.54) is 14.2 Å². The van der Waals surface area contributed by atoms with Crippen molar-refractivity contribution in [3.63, 3.8) is 0 Å². The highest BCUT2D eigenvalue weighted by molar-refractivity contribution is 5.97. The lowest BCUT2D eigenvalue weighted by atomic mass is 9.56. The number of hydrogen-bond acceptors (Lipinski definition) is 6. The van der Waals surface area contributed by atoms with Gasteiger partial charge in [-0.2, -0.15) is 0 Å². The van der Waals surface area contributed by atoms with Gasteiger partial charge in [0.1, 0.15) is 5.78 Å². The van der Waals surface area contributed by atoms with Crippen LogP contribution >= 0.6 is 0 Å². The van der Waals surface area contributed by atoms with Crippen LogP contribution in [0.2, 0.25) is 0 Å². The Morgan fingerprint density at radius 3 is 2.67 bits per heavy atom. The fourth-order valence-electron chi connectivity index (χ4n) is 5.60. The Morgan fingerprint density at radius 2 is 2.07 bits per heavy atom. The SMILES string of the molecule is CC[C@@]12CC(=O)C(OC)=CC13[C@H](Cc1ccc(OC)c(O)c12)N3CC(C)=O. The molecule has 0 bridgehead atoms. The molecule has 0 saturated carbocycles. The van der Waals surface area contributed by atoms with Gasteiger partial charge in [0, 0.05) is 23.4 Å². The van der Waals surface area contributed by atoms with E-state index < -0.39 is 11.0 Å². The first kappa shape index (κ1) is 18.0. The van der Waals surface area contributed by atoms with Crippen molar-refractivity contribution < 1.29 is 24.2 Å². The van der Waals surface area contributed by atoms with Gasteiger partial charge < -0.3 is 14.6 Å². The van der Waals surface area contributed by atoms with Gasteiger partial charge in [0.25, 0.3) is 0 Å². The van der Waals surface area contributed by atoms with E-state index in [9.17, 15) is 14.7 Å². The van der Waals surface area contributed by atoms with E-state index in [0.717, 1.165) is 11.1 Å². The summed E-state index contributed by atoms with van der Waals surface area (Å²) in [5.41, 5.74) is 0.692. The van der Waals surface area contributed by atoms with E-state index in [1.807, 2.05) is 19.1 Å². The van der Waals surface area contributed by atoms with Gasteiger partial charge in [-0.1, -0.05) is 13.0 Å².